The van der Waals surface area contributed by atoms with Crippen LogP contribution in [-0.2, 0) is 9.47 Å². The lowest BCUT2D eigenvalue weighted by atomic mass is 10.0. The van der Waals surface area contributed by atoms with Gasteiger partial charge in [0.2, 0.25) is 0 Å². The molecule has 0 bridgehead atoms. The molecule has 156 valence electrons. The third-order valence-electron chi connectivity index (χ3n) is 4.74. The van der Waals surface area contributed by atoms with Crippen LogP contribution < -0.4 is 0 Å². The lowest BCUT2D eigenvalue weighted by Gasteiger charge is -2.08. The second kappa shape index (κ2) is 8.79. The zero-order chi connectivity index (χ0) is 21.8. The molecule has 31 heavy (non-hydrogen) atoms. The van der Waals surface area contributed by atoms with Crippen LogP contribution in [0.25, 0.3) is 28.2 Å². The van der Waals surface area contributed by atoms with E-state index in [0.717, 1.165) is 16.7 Å². The maximum atomic E-state index is 12.1. The summed E-state index contributed by atoms with van der Waals surface area (Å²) in [7, 11) is 0. The van der Waals surface area contributed by atoms with Crippen molar-refractivity contribution in [3.63, 3.8) is 0 Å². The molecule has 2 heterocycles. The number of carbonyl (C=O) groups excluding carboxylic acids is 2. The number of esters is 2. The Hall–Kier alpha value is -4.00. The predicted molar refractivity (Wildman–Crippen MR) is 116 cm³/mol. The van der Waals surface area contributed by atoms with Gasteiger partial charge < -0.3 is 9.47 Å². The van der Waals surface area contributed by atoms with Crippen LogP contribution >= 0.6 is 0 Å². The first-order valence-electron chi connectivity index (χ1n) is 10.0. The Kier molecular flexibility index (Phi) is 5.75. The van der Waals surface area contributed by atoms with Crippen molar-refractivity contribution in [2.45, 2.75) is 13.8 Å². The van der Waals surface area contributed by atoms with Gasteiger partial charge in [-0.25, -0.2) is 9.59 Å². The van der Waals surface area contributed by atoms with Gasteiger partial charge in [-0.3, -0.25) is 4.40 Å². The molecular formula is C24H21N3O4. The van der Waals surface area contributed by atoms with Gasteiger partial charge in [-0.15, -0.1) is 10.2 Å². The summed E-state index contributed by atoms with van der Waals surface area (Å²) in [6.45, 7) is 4.18. The molecule has 0 saturated carbocycles. The minimum absolute atomic E-state index is 0.311. The Bertz CT molecular complexity index is 1260. The van der Waals surface area contributed by atoms with E-state index in [0.29, 0.717) is 35.8 Å². The summed E-state index contributed by atoms with van der Waals surface area (Å²) in [4.78, 5) is 24.2. The molecule has 7 nitrogen and oxygen atoms in total. The quantitative estimate of drug-likeness (QED) is 0.434. The second-order valence-corrected chi connectivity index (χ2v) is 6.77. The van der Waals surface area contributed by atoms with Crippen molar-refractivity contribution >= 4 is 17.6 Å². The van der Waals surface area contributed by atoms with E-state index >= 15 is 0 Å². The van der Waals surface area contributed by atoms with Crippen molar-refractivity contribution < 1.29 is 19.1 Å². The molecular weight excluding hydrogens is 394 g/mol. The number of pyridine rings is 1. The summed E-state index contributed by atoms with van der Waals surface area (Å²) in [5.41, 5.74) is 4.12. The van der Waals surface area contributed by atoms with E-state index in [1.54, 1.807) is 44.2 Å². The van der Waals surface area contributed by atoms with Gasteiger partial charge in [-0.1, -0.05) is 24.3 Å². The number of fused-ring (bicyclic) bond motifs is 1. The number of benzene rings is 2. The molecule has 4 rings (SSSR count). The van der Waals surface area contributed by atoms with Crippen molar-refractivity contribution in [2.75, 3.05) is 13.2 Å². The summed E-state index contributed by atoms with van der Waals surface area (Å²) in [5, 5.41) is 8.54. The summed E-state index contributed by atoms with van der Waals surface area (Å²) >= 11 is 0. The highest BCUT2D eigenvalue weighted by Crippen LogP contribution is 2.25. The minimum Gasteiger partial charge on any atom is -0.462 e. The van der Waals surface area contributed by atoms with Crippen LogP contribution in [0.1, 0.15) is 34.6 Å². The number of hydrogen-bond donors (Lipinski definition) is 0. The topological polar surface area (TPSA) is 82.8 Å². The van der Waals surface area contributed by atoms with Gasteiger partial charge in [-0.2, -0.15) is 0 Å². The Morgan fingerprint density at radius 3 is 2.03 bits per heavy atom. The highest BCUT2D eigenvalue weighted by Gasteiger charge is 2.14. The summed E-state index contributed by atoms with van der Waals surface area (Å²) < 4.78 is 12.1. The first-order chi connectivity index (χ1) is 15.1. The van der Waals surface area contributed by atoms with Crippen molar-refractivity contribution in [1.82, 2.24) is 14.6 Å². The maximum absolute atomic E-state index is 12.1. The second-order valence-electron chi connectivity index (χ2n) is 6.77. The van der Waals surface area contributed by atoms with Crippen LogP contribution in [0.4, 0.5) is 0 Å². The molecule has 4 aromatic rings. The van der Waals surface area contributed by atoms with Gasteiger partial charge in [0.05, 0.1) is 24.3 Å². The monoisotopic (exact) mass is 415 g/mol. The number of rotatable bonds is 6. The normalized spacial score (nSPS) is 10.8. The van der Waals surface area contributed by atoms with Crippen molar-refractivity contribution in [3.05, 3.63) is 78.0 Å². The van der Waals surface area contributed by atoms with Crippen LogP contribution in [0.2, 0.25) is 0 Å². The summed E-state index contributed by atoms with van der Waals surface area (Å²) in [5.74, 6) is -0.134. The molecule has 7 heteroatoms. The highest BCUT2D eigenvalue weighted by molar-refractivity contribution is 5.91. The Balaban J connectivity index is 1.74. The fraction of sp³-hybridized carbons (Fsp3) is 0.167. The lowest BCUT2D eigenvalue weighted by Crippen LogP contribution is -2.04. The van der Waals surface area contributed by atoms with E-state index in [1.165, 1.54) is 0 Å². The number of aromatic nitrogens is 3. The van der Waals surface area contributed by atoms with Gasteiger partial charge >= 0.3 is 11.9 Å². The Morgan fingerprint density at radius 2 is 1.39 bits per heavy atom. The van der Waals surface area contributed by atoms with Gasteiger partial charge in [0, 0.05) is 11.8 Å². The Morgan fingerprint density at radius 1 is 0.774 bits per heavy atom. The molecule has 0 aliphatic carbocycles. The number of carbonyl (C=O) groups is 2. The highest BCUT2D eigenvalue weighted by atomic mass is 16.5. The third kappa shape index (κ3) is 4.16. The average Bonchev–Trinajstić information content (AvgIpc) is 3.23. The molecule has 0 aliphatic rings. The van der Waals surface area contributed by atoms with E-state index in [1.807, 2.05) is 40.9 Å². The largest absolute Gasteiger partial charge is 0.462 e. The first kappa shape index (κ1) is 20.3. The molecule has 0 fully saturated rings. The van der Waals surface area contributed by atoms with Crippen molar-refractivity contribution in [1.29, 1.82) is 0 Å². The molecule has 0 atom stereocenters. The van der Waals surface area contributed by atoms with E-state index in [2.05, 4.69) is 10.2 Å². The molecule has 2 aromatic heterocycles. The number of ether oxygens (including phenoxy) is 2. The van der Waals surface area contributed by atoms with Crippen LogP contribution in [-0.4, -0.2) is 39.8 Å². The zero-order valence-electron chi connectivity index (χ0n) is 17.2. The van der Waals surface area contributed by atoms with Crippen LogP contribution in [0.3, 0.4) is 0 Å². The van der Waals surface area contributed by atoms with Crippen LogP contribution in [0.15, 0.2) is 66.9 Å². The van der Waals surface area contributed by atoms with E-state index in [-0.39, 0.29) is 11.9 Å². The molecule has 2 aromatic carbocycles. The standard InChI is InChI=1S/C24H21N3O4/c1-3-30-23(28)18-9-5-7-16(13-18)20-11-12-21-25-26-22(27(21)15-20)17-8-6-10-19(14-17)24(29)31-4-2/h5-15H,3-4H2,1-2H3. The zero-order valence-corrected chi connectivity index (χ0v) is 17.2. The van der Waals surface area contributed by atoms with Crippen LogP contribution in [0, 0.1) is 0 Å². The molecule has 0 saturated heterocycles. The molecule has 0 unspecified atom stereocenters. The lowest BCUT2D eigenvalue weighted by molar-refractivity contribution is 0.0517. The SMILES string of the molecule is CCOC(=O)c1cccc(-c2ccc3nnc(-c4cccc(C(=O)OCC)c4)n3c2)c1. The van der Waals surface area contributed by atoms with Crippen molar-refractivity contribution in [2.24, 2.45) is 0 Å². The maximum Gasteiger partial charge on any atom is 0.338 e. The molecule has 0 N–H and O–H groups in total. The van der Waals surface area contributed by atoms with Gasteiger partial charge in [0.1, 0.15) is 0 Å². The van der Waals surface area contributed by atoms with Gasteiger partial charge in [0.15, 0.2) is 11.5 Å². The minimum atomic E-state index is -0.380. The molecule has 0 radical (unpaired) electrons. The molecule has 0 spiro atoms. The first-order valence-corrected chi connectivity index (χ1v) is 10.0. The summed E-state index contributed by atoms with van der Waals surface area (Å²) in [6, 6.07) is 18.2. The number of nitrogens with zero attached hydrogens (tertiary/aromatic N) is 3. The molecule has 0 amide bonds. The van der Waals surface area contributed by atoms with E-state index < -0.39 is 0 Å². The average molecular weight is 415 g/mol. The Labute approximate surface area is 179 Å². The summed E-state index contributed by atoms with van der Waals surface area (Å²) in [6.07, 6.45) is 1.91. The third-order valence-corrected chi connectivity index (χ3v) is 4.74. The van der Waals surface area contributed by atoms with Crippen LogP contribution in [0.5, 0.6) is 0 Å². The predicted octanol–water partition coefficient (Wildman–Crippen LogP) is 4.42. The van der Waals surface area contributed by atoms with E-state index in [9.17, 15) is 9.59 Å². The van der Waals surface area contributed by atoms with E-state index in [4.69, 9.17) is 9.47 Å². The fourth-order valence-corrected chi connectivity index (χ4v) is 3.30. The van der Waals surface area contributed by atoms with Crippen molar-refractivity contribution in [3.8, 4) is 22.5 Å². The smallest absolute Gasteiger partial charge is 0.338 e. The molecule has 0 aliphatic heterocycles. The number of hydrogen-bond acceptors (Lipinski definition) is 6. The van der Waals surface area contributed by atoms with Gasteiger partial charge in [-0.05, 0) is 61.4 Å². The van der Waals surface area contributed by atoms with Gasteiger partial charge in [0.25, 0.3) is 0 Å². The fourth-order valence-electron chi connectivity index (χ4n) is 3.30.